The molecule has 2 aliphatic heterocycles. The van der Waals surface area contributed by atoms with Crippen molar-refractivity contribution in [2.45, 2.75) is 43.9 Å². The van der Waals surface area contributed by atoms with Gasteiger partial charge in [0.15, 0.2) is 5.01 Å². The van der Waals surface area contributed by atoms with E-state index in [1.54, 1.807) is 11.3 Å². The molecule has 5 nitrogen and oxygen atoms in total. The van der Waals surface area contributed by atoms with Crippen molar-refractivity contribution < 1.29 is 4.74 Å². The van der Waals surface area contributed by atoms with Crippen molar-refractivity contribution in [3.63, 3.8) is 0 Å². The van der Waals surface area contributed by atoms with Crippen LogP contribution in [0.2, 0.25) is 0 Å². The van der Waals surface area contributed by atoms with Gasteiger partial charge in [-0.05, 0) is 44.9 Å². The van der Waals surface area contributed by atoms with Gasteiger partial charge in [-0.3, -0.25) is 0 Å². The molecule has 4 heterocycles. The number of nitrogens with one attached hydrogen (secondary N) is 1. The summed E-state index contributed by atoms with van der Waals surface area (Å²) in [5, 5.41) is 11.5. The number of ether oxygens (including phenoxy) is 1. The summed E-state index contributed by atoms with van der Waals surface area (Å²) >= 11 is 1.55. The maximum atomic E-state index is 6.19. The van der Waals surface area contributed by atoms with Crippen LogP contribution < -0.4 is 4.74 Å². The highest BCUT2D eigenvalue weighted by Crippen LogP contribution is 2.38. The minimum Gasteiger partial charge on any atom is -0.465 e. The monoisotopic (exact) mass is 340 g/mol. The lowest BCUT2D eigenvalue weighted by atomic mass is 10.0. The van der Waals surface area contributed by atoms with Crippen LogP contribution in [-0.2, 0) is 0 Å². The minimum absolute atomic E-state index is 0.280. The number of piperidine rings is 1. The molecular weight excluding hydrogens is 320 g/mol. The Morgan fingerprint density at radius 3 is 2.83 bits per heavy atom. The zero-order chi connectivity index (χ0) is 16.1. The average molecular weight is 340 g/mol. The Balaban J connectivity index is 1.37. The second-order valence-electron chi connectivity index (χ2n) is 6.88. The number of hydrogen-bond acceptors (Lipinski definition) is 5. The standard InChI is InChI=1S/C18H20N4OS/c1-22-11-5-6-12(22)10-13(9-11)23-18-21-20-17(24-18)15-3-2-4-16-14(15)7-8-19-16/h2-4,7-8,11-13,19H,5-6,9-10H2,1H3. The normalized spacial score (nSPS) is 27.0. The average Bonchev–Trinajstić information content (AvgIpc) is 3.27. The highest BCUT2D eigenvalue weighted by Gasteiger charge is 2.39. The molecule has 0 aliphatic carbocycles. The predicted molar refractivity (Wildman–Crippen MR) is 95.4 cm³/mol. The summed E-state index contributed by atoms with van der Waals surface area (Å²) in [6.45, 7) is 0. The van der Waals surface area contributed by atoms with Crippen molar-refractivity contribution in [3.05, 3.63) is 30.5 Å². The van der Waals surface area contributed by atoms with Gasteiger partial charge in [0.2, 0.25) is 0 Å². The fraction of sp³-hybridized carbons (Fsp3) is 0.444. The second kappa shape index (κ2) is 5.57. The van der Waals surface area contributed by atoms with Crippen LogP contribution in [0.3, 0.4) is 0 Å². The summed E-state index contributed by atoms with van der Waals surface area (Å²) < 4.78 is 6.19. The van der Waals surface area contributed by atoms with Gasteiger partial charge in [-0.25, -0.2) is 0 Å². The summed E-state index contributed by atoms with van der Waals surface area (Å²) in [4.78, 5) is 5.77. The van der Waals surface area contributed by atoms with E-state index in [1.165, 1.54) is 18.2 Å². The van der Waals surface area contributed by atoms with Crippen LogP contribution in [-0.4, -0.2) is 45.3 Å². The van der Waals surface area contributed by atoms with Crippen LogP contribution in [0.5, 0.6) is 5.19 Å². The van der Waals surface area contributed by atoms with Crippen LogP contribution in [0.25, 0.3) is 21.5 Å². The molecule has 0 saturated carbocycles. The van der Waals surface area contributed by atoms with Gasteiger partial charge in [0, 0.05) is 34.7 Å². The fourth-order valence-corrected chi connectivity index (χ4v) is 5.04. The summed E-state index contributed by atoms with van der Waals surface area (Å²) in [7, 11) is 2.25. The van der Waals surface area contributed by atoms with Crippen LogP contribution in [0.1, 0.15) is 25.7 Å². The molecule has 0 amide bonds. The smallest absolute Gasteiger partial charge is 0.294 e. The first-order valence-corrected chi connectivity index (χ1v) is 9.38. The van der Waals surface area contributed by atoms with Gasteiger partial charge >= 0.3 is 0 Å². The number of hydrogen-bond donors (Lipinski definition) is 1. The number of nitrogens with zero attached hydrogens (tertiary/aromatic N) is 3. The van der Waals surface area contributed by atoms with Crippen LogP contribution in [0.4, 0.5) is 0 Å². The SMILES string of the molecule is CN1C2CCC1CC(Oc1nnc(-c3cccc4[nH]ccc34)s1)C2. The Morgan fingerprint density at radius 2 is 2.00 bits per heavy atom. The first kappa shape index (κ1) is 14.4. The molecule has 1 N–H and O–H groups in total. The van der Waals surface area contributed by atoms with Crippen molar-refractivity contribution in [3.8, 4) is 15.8 Å². The van der Waals surface area contributed by atoms with Gasteiger partial charge < -0.3 is 14.6 Å². The van der Waals surface area contributed by atoms with E-state index < -0.39 is 0 Å². The zero-order valence-corrected chi connectivity index (χ0v) is 14.4. The van der Waals surface area contributed by atoms with E-state index in [4.69, 9.17) is 4.74 Å². The van der Waals surface area contributed by atoms with Crippen molar-refractivity contribution in [1.29, 1.82) is 0 Å². The predicted octanol–water partition coefficient (Wildman–Crippen LogP) is 3.69. The van der Waals surface area contributed by atoms with Crippen molar-refractivity contribution >= 4 is 22.2 Å². The molecular formula is C18H20N4OS. The summed E-state index contributed by atoms with van der Waals surface area (Å²) in [5.74, 6) is 0. The van der Waals surface area contributed by atoms with E-state index >= 15 is 0 Å². The third-order valence-electron chi connectivity index (χ3n) is 5.55. The summed E-state index contributed by atoms with van der Waals surface area (Å²) in [6, 6.07) is 9.65. The molecule has 6 heteroatoms. The Labute approximate surface area is 144 Å². The Hall–Kier alpha value is -1.92. The van der Waals surface area contributed by atoms with E-state index in [9.17, 15) is 0 Å². The minimum atomic E-state index is 0.280. The molecule has 2 atom stereocenters. The molecule has 2 saturated heterocycles. The molecule has 2 unspecified atom stereocenters. The molecule has 2 bridgehead atoms. The second-order valence-corrected chi connectivity index (χ2v) is 7.82. The molecule has 2 aromatic heterocycles. The lowest BCUT2D eigenvalue weighted by molar-refractivity contribution is 0.0655. The Morgan fingerprint density at radius 1 is 1.17 bits per heavy atom. The first-order valence-electron chi connectivity index (χ1n) is 8.56. The van der Waals surface area contributed by atoms with E-state index in [2.05, 4.69) is 45.3 Å². The van der Waals surface area contributed by atoms with Gasteiger partial charge in [-0.2, -0.15) is 0 Å². The maximum absolute atomic E-state index is 6.19. The molecule has 5 rings (SSSR count). The number of benzene rings is 1. The molecule has 0 spiro atoms. The van der Waals surface area contributed by atoms with Crippen molar-refractivity contribution in [2.75, 3.05) is 7.05 Å². The Kier molecular flexibility index (Phi) is 3.35. The third-order valence-corrected chi connectivity index (χ3v) is 6.40. The molecule has 2 aliphatic rings. The van der Waals surface area contributed by atoms with E-state index in [0.29, 0.717) is 17.3 Å². The van der Waals surface area contributed by atoms with Crippen molar-refractivity contribution in [2.24, 2.45) is 0 Å². The van der Waals surface area contributed by atoms with Gasteiger partial charge in [0.05, 0.1) is 0 Å². The number of fused-ring (bicyclic) bond motifs is 3. The number of aromatic amines is 1. The molecule has 24 heavy (non-hydrogen) atoms. The fourth-order valence-electron chi connectivity index (χ4n) is 4.24. The van der Waals surface area contributed by atoms with Gasteiger partial charge in [0.25, 0.3) is 5.19 Å². The number of aromatic nitrogens is 3. The molecule has 0 radical (unpaired) electrons. The highest BCUT2D eigenvalue weighted by atomic mass is 32.1. The number of rotatable bonds is 3. The van der Waals surface area contributed by atoms with Gasteiger partial charge in [-0.15, -0.1) is 5.10 Å². The van der Waals surface area contributed by atoms with Crippen LogP contribution in [0.15, 0.2) is 30.5 Å². The third kappa shape index (κ3) is 2.32. The molecule has 3 aromatic rings. The lowest BCUT2D eigenvalue weighted by Gasteiger charge is -2.35. The maximum Gasteiger partial charge on any atom is 0.294 e. The zero-order valence-electron chi connectivity index (χ0n) is 13.6. The lowest BCUT2D eigenvalue weighted by Crippen LogP contribution is -2.43. The van der Waals surface area contributed by atoms with Crippen molar-refractivity contribution in [1.82, 2.24) is 20.1 Å². The van der Waals surface area contributed by atoms with Gasteiger partial charge in [0.1, 0.15) is 6.10 Å². The molecule has 124 valence electrons. The van der Waals surface area contributed by atoms with E-state index in [1.807, 2.05) is 12.3 Å². The quantitative estimate of drug-likeness (QED) is 0.790. The Bertz CT molecular complexity index is 859. The largest absolute Gasteiger partial charge is 0.465 e. The van der Waals surface area contributed by atoms with Gasteiger partial charge in [-0.1, -0.05) is 28.6 Å². The first-order chi connectivity index (χ1) is 11.8. The van der Waals surface area contributed by atoms with E-state index in [-0.39, 0.29) is 6.10 Å². The highest BCUT2D eigenvalue weighted by molar-refractivity contribution is 7.16. The summed E-state index contributed by atoms with van der Waals surface area (Å²) in [5.41, 5.74) is 2.24. The molecule has 2 fully saturated rings. The summed E-state index contributed by atoms with van der Waals surface area (Å²) in [6.07, 6.45) is 7.06. The van der Waals surface area contributed by atoms with Crippen LogP contribution in [0, 0.1) is 0 Å². The molecule has 1 aromatic carbocycles. The topological polar surface area (TPSA) is 54.0 Å². The number of H-pyrrole nitrogens is 1. The van der Waals surface area contributed by atoms with Crippen LogP contribution >= 0.6 is 11.3 Å². The van der Waals surface area contributed by atoms with E-state index in [0.717, 1.165) is 28.9 Å².